The van der Waals surface area contributed by atoms with Crippen molar-refractivity contribution in [1.29, 1.82) is 0 Å². The number of hydrogen-bond donors (Lipinski definition) is 1. The van der Waals surface area contributed by atoms with Gasteiger partial charge < -0.3 is 5.32 Å². The second kappa shape index (κ2) is 3.08. The van der Waals surface area contributed by atoms with Crippen molar-refractivity contribution in [2.24, 2.45) is 0 Å². The van der Waals surface area contributed by atoms with E-state index >= 15 is 0 Å². The van der Waals surface area contributed by atoms with Gasteiger partial charge in [0.05, 0.1) is 0 Å². The number of hydrogen-bond acceptors (Lipinski definition) is 1. The Morgan fingerprint density at radius 3 is 2.75 bits per heavy atom. The minimum atomic E-state index is 0.572. The predicted octanol–water partition coefficient (Wildman–Crippen LogP) is 2.68. The predicted molar refractivity (Wildman–Crippen MR) is 51.5 cm³/mol. The Hall–Kier alpha value is -0.530. The molecule has 0 aliphatic carbocycles. The van der Waals surface area contributed by atoms with Gasteiger partial charge in [0.1, 0.15) is 0 Å². The minimum Gasteiger partial charge on any atom is -0.310 e. The second-order valence-corrected chi connectivity index (χ2v) is 3.73. The van der Waals surface area contributed by atoms with Crippen LogP contribution in [0.5, 0.6) is 0 Å². The summed E-state index contributed by atoms with van der Waals surface area (Å²) < 4.78 is 0. The number of benzene rings is 1. The van der Waals surface area contributed by atoms with Gasteiger partial charge in [0, 0.05) is 11.1 Å². The highest BCUT2D eigenvalue weighted by atomic mass is 35.5. The molecule has 1 nitrogen and oxygen atoms in total. The largest absolute Gasteiger partial charge is 0.310 e. The van der Waals surface area contributed by atoms with Crippen LogP contribution >= 0.6 is 11.6 Å². The van der Waals surface area contributed by atoms with E-state index < -0.39 is 0 Å². The first-order valence-electron chi connectivity index (χ1n) is 4.27. The molecule has 1 aromatic rings. The zero-order chi connectivity index (χ0) is 8.55. The van der Waals surface area contributed by atoms with Gasteiger partial charge in [-0.3, -0.25) is 0 Å². The van der Waals surface area contributed by atoms with Crippen molar-refractivity contribution < 1.29 is 0 Å². The maximum absolute atomic E-state index is 5.86. The van der Waals surface area contributed by atoms with E-state index in [0.29, 0.717) is 6.04 Å². The molecule has 1 fully saturated rings. The smallest absolute Gasteiger partial charge is 0.0408 e. The summed E-state index contributed by atoms with van der Waals surface area (Å²) in [6, 6.07) is 6.68. The molecule has 0 aromatic heterocycles. The Balaban J connectivity index is 2.31. The zero-order valence-electron chi connectivity index (χ0n) is 7.10. The summed E-state index contributed by atoms with van der Waals surface area (Å²) in [4.78, 5) is 0. The molecule has 0 spiro atoms. The fourth-order valence-electron chi connectivity index (χ4n) is 1.58. The van der Waals surface area contributed by atoms with Crippen LogP contribution in [0.3, 0.4) is 0 Å². The summed E-state index contributed by atoms with van der Waals surface area (Å²) in [5, 5.41) is 4.21. The molecule has 1 atom stereocenters. The lowest BCUT2D eigenvalue weighted by atomic mass is 9.94. The van der Waals surface area contributed by atoms with E-state index in [2.05, 4.69) is 18.3 Å². The van der Waals surface area contributed by atoms with Crippen molar-refractivity contribution in [3.63, 3.8) is 0 Å². The third kappa shape index (κ3) is 1.35. The summed E-state index contributed by atoms with van der Waals surface area (Å²) >= 11 is 5.86. The molecule has 1 unspecified atom stereocenters. The molecule has 1 aliphatic rings. The summed E-state index contributed by atoms with van der Waals surface area (Å²) in [5.74, 6) is 0. The molecular formula is C10H12ClN. The molecule has 2 rings (SSSR count). The molecule has 2 heteroatoms. The second-order valence-electron chi connectivity index (χ2n) is 3.30. The van der Waals surface area contributed by atoms with Crippen molar-refractivity contribution in [3.8, 4) is 0 Å². The average Bonchev–Trinajstić information content (AvgIpc) is 1.91. The standard InChI is InChI=1S/C10H12ClN/c1-7-6-8(11)2-3-9(7)10-4-5-12-10/h2-3,6,10,12H,4-5H2,1H3. The molecular weight excluding hydrogens is 170 g/mol. The molecule has 12 heavy (non-hydrogen) atoms. The Labute approximate surface area is 77.7 Å². The molecule has 0 amide bonds. The van der Waals surface area contributed by atoms with Crippen LogP contribution in [0.2, 0.25) is 5.02 Å². The van der Waals surface area contributed by atoms with E-state index in [0.717, 1.165) is 11.6 Å². The molecule has 0 saturated carbocycles. The van der Waals surface area contributed by atoms with E-state index in [-0.39, 0.29) is 0 Å². The van der Waals surface area contributed by atoms with Crippen LogP contribution in [-0.2, 0) is 0 Å². The van der Waals surface area contributed by atoms with Crippen LogP contribution < -0.4 is 5.32 Å². The molecule has 1 saturated heterocycles. The van der Waals surface area contributed by atoms with Gasteiger partial charge in [-0.15, -0.1) is 0 Å². The van der Waals surface area contributed by atoms with Crippen LogP contribution in [0.25, 0.3) is 0 Å². The van der Waals surface area contributed by atoms with E-state index in [1.54, 1.807) is 0 Å². The van der Waals surface area contributed by atoms with Crippen LogP contribution in [0, 0.1) is 6.92 Å². The van der Waals surface area contributed by atoms with E-state index in [1.807, 2.05) is 12.1 Å². The minimum absolute atomic E-state index is 0.572. The maximum Gasteiger partial charge on any atom is 0.0408 e. The first-order valence-corrected chi connectivity index (χ1v) is 4.64. The Bertz CT molecular complexity index is 292. The fraction of sp³-hybridized carbons (Fsp3) is 0.400. The Kier molecular flexibility index (Phi) is 2.07. The normalized spacial score (nSPS) is 22.0. The van der Waals surface area contributed by atoms with Crippen LogP contribution in [-0.4, -0.2) is 6.54 Å². The van der Waals surface area contributed by atoms with Gasteiger partial charge in [-0.1, -0.05) is 17.7 Å². The van der Waals surface area contributed by atoms with Crippen molar-refractivity contribution in [2.45, 2.75) is 19.4 Å². The molecule has 1 heterocycles. The fourth-order valence-corrected chi connectivity index (χ4v) is 1.81. The van der Waals surface area contributed by atoms with Crippen molar-refractivity contribution in [1.82, 2.24) is 5.32 Å². The number of nitrogens with one attached hydrogen (secondary N) is 1. The van der Waals surface area contributed by atoms with Gasteiger partial charge in [0.25, 0.3) is 0 Å². The molecule has 0 bridgehead atoms. The Morgan fingerprint density at radius 1 is 1.50 bits per heavy atom. The molecule has 64 valence electrons. The van der Waals surface area contributed by atoms with Gasteiger partial charge >= 0.3 is 0 Å². The lowest BCUT2D eigenvalue weighted by molar-refractivity contribution is 0.382. The number of aryl methyl sites for hydroxylation is 1. The summed E-state index contributed by atoms with van der Waals surface area (Å²) in [5.41, 5.74) is 2.69. The highest BCUT2D eigenvalue weighted by molar-refractivity contribution is 6.30. The topological polar surface area (TPSA) is 12.0 Å². The summed E-state index contributed by atoms with van der Waals surface area (Å²) in [6.45, 7) is 3.26. The number of rotatable bonds is 1. The van der Waals surface area contributed by atoms with Gasteiger partial charge in [0.15, 0.2) is 0 Å². The van der Waals surface area contributed by atoms with Gasteiger partial charge in [-0.25, -0.2) is 0 Å². The first kappa shape index (κ1) is 8.09. The molecule has 1 N–H and O–H groups in total. The van der Waals surface area contributed by atoms with E-state index in [1.165, 1.54) is 17.5 Å². The summed E-state index contributed by atoms with van der Waals surface area (Å²) in [6.07, 6.45) is 1.25. The van der Waals surface area contributed by atoms with Crippen molar-refractivity contribution in [2.75, 3.05) is 6.54 Å². The first-order chi connectivity index (χ1) is 5.77. The van der Waals surface area contributed by atoms with Crippen LogP contribution in [0.15, 0.2) is 18.2 Å². The SMILES string of the molecule is Cc1cc(Cl)ccc1C1CCN1. The van der Waals surface area contributed by atoms with Crippen LogP contribution in [0.1, 0.15) is 23.6 Å². The zero-order valence-corrected chi connectivity index (χ0v) is 7.86. The third-order valence-corrected chi connectivity index (χ3v) is 2.67. The van der Waals surface area contributed by atoms with Gasteiger partial charge in [0.2, 0.25) is 0 Å². The number of halogens is 1. The van der Waals surface area contributed by atoms with E-state index in [4.69, 9.17) is 11.6 Å². The highest BCUT2D eigenvalue weighted by Crippen LogP contribution is 2.27. The average molecular weight is 182 g/mol. The van der Waals surface area contributed by atoms with Gasteiger partial charge in [-0.2, -0.15) is 0 Å². The Morgan fingerprint density at radius 2 is 2.25 bits per heavy atom. The lowest BCUT2D eigenvalue weighted by Crippen LogP contribution is -2.35. The summed E-state index contributed by atoms with van der Waals surface area (Å²) in [7, 11) is 0. The highest BCUT2D eigenvalue weighted by Gasteiger charge is 2.19. The maximum atomic E-state index is 5.86. The van der Waals surface area contributed by atoms with Crippen molar-refractivity contribution >= 4 is 11.6 Å². The van der Waals surface area contributed by atoms with Crippen LogP contribution in [0.4, 0.5) is 0 Å². The van der Waals surface area contributed by atoms with Gasteiger partial charge in [-0.05, 0) is 43.1 Å². The monoisotopic (exact) mass is 181 g/mol. The van der Waals surface area contributed by atoms with Crippen molar-refractivity contribution in [3.05, 3.63) is 34.3 Å². The van der Waals surface area contributed by atoms with E-state index in [9.17, 15) is 0 Å². The molecule has 1 aromatic carbocycles. The quantitative estimate of drug-likeness (QED) is 0.703. The lowest BCUT2D eigenvalue weighted by Gasteiger charge is -2.29. The molecule has 1 aliphatic heterocycles. The molecule has 0 radical (unpaired) electrons. The third-order valence-electron chi connectivity index (χ3n) is 2.43.